The topological polar surface area (TPSA) is 12.0 Å². The van der Waals surface area contributed by atoms with E-state index in [1.807, 2.05) is 6.92 Å². The van der Waals surface area contributed by atoms with Gasteiger partial charge in [0, 0.05) is 6.04 Å². The van der Waals surface area contributed by atoms with Gasteiger partial charge in [0.1, 0.15) is 5.82 Å². The molecule has 0 spiro atoms. The lowest BCUT2D eigenvalue weighted by Gasteiger charge is -2.27. The number of nitrogens with one attached hydrogen (secondary N) is 1. The van der Waals surface area contributed by atoms with Crippen molar-refractivity contribution in [1.29, 1.82) is 0 Å². The molecule has 2 heteroatoms. The van der Waals surface area contributed by atoms with Crippen molar-refractivity contribution in [2.24, 2.45) is 0 Å². The molecule has 2 atom stereocenters. The van der Waals surface area contributed by atoms with Gasteiger partial charge in [-0.2, -0.15) is 0 Å². The fraction of sp³-hybridized carbons (Fsp3) is 0.647. The zero-order valence-electron chi connectivity index (χ0n) is 12.2. The molecule has 0 aromatic heterocycles. The van der Waals surface area contributed by atoms with Gasteiger partial charge in [-0.05, 0) is 61.9 Å². The van der Waals surface area contributed by atoms with Crippen molar-refractivity contribution in [3.63, 3.8) is 0 Å². The maximum absolute atomic E-state index is 13.6. The summed E-state index contributed by atoms with van der Waals surface area (Å²) in [5, 5.41) is 3.68. The molecule has 19 heavy (non-hydrogen) atoms. The van der Waals surface area contributed by atoms with E-state index in [1.165, 1.54) is 37.7 Å². The van der Waals surface area contributed by atoms with Gasteiger partial charge in [0.05, 0.1) is 0 Å². The molecule has 1 nitrogen and oxygen atoms in total. The maximum atomic E-state index is 13.6. The van der Waals surface area contributed by atoms with Crippen molar-refractivity contribution >= 4 is 0 Å². The number of aryl methyl sites for hydroxylation is 1. The quantitative estimate of drug-likeness (QED) is 0.786. The Balaban J connectivity index is 2.20. The molecule has 1 N–H and O–H groups in total. The van der Waals surface area contributed by atoms with E-state index in [4.69, 9.17) is 0 Å². The Morgan fingerprint density at radius 2 is 1.95 bits per heavy atom. The summed E-state index contributed by atoms with van der Waals surface area (Å²) in [6.45, 7) is 5.25. The van der Waals surface area contributed by atoms with Gasteiger partial charge in [-0.3, -0.25) is 0 Å². The van der Waals surface area contributed by atoms with E-state index >= 15 is 0 Å². The zero-order valence-corrected chi connectivity index (χ0v) is 12.2. The Morgan fingerprint density at radius 3 is 2.68 bits per heavy atom. The molecule has 1 saturated carbocycles. The lowest BCUT2D eigenvalue weighted by atomic mass is 9.86. The van der Waals surface area contributed by atoms with Crippen molar-refractivity contribution in [2.75, 3.05) is 6.54 Å². The van der Waals surface area contributed by atoms with Gasteiger partial charge in [0.25, 0.3) is 0 Å². The smallest absolute Gasteiger partial charge is 0.123 e. The highest BCUT2D eigenvalue weighted by Crippen LogP contribution is 2.32. The van der Waals surface area contributed by atoms with Crippen LogP contribution < -0.4 is 5.32 Å². The molecular weight excluding hydrogens is 237 g/mol. The predicted octanol–water partition coefficient (Wildman–Crippen LogP) is 4.55. The van der Waals surface area contributed by atoms with Crippen molar-refractivity contribution < 1.29 is 4.39 Å². The molecule has 106 valence electrons. The van der Waals surface area contributed by atoms with Crippen molar-refractivity contribution in [1.82, 2.24) is 5.32 Å². The summed E-state index contributed by atoms with van der Waals surface area (Å²) in [6.07, 6.45) is 7.45. The van der Waals surface area contributed by atoms with Gasteiger partial charge in [-0.15, -0.1) is 0 Å². The van der Waals surface area contributed by atoms with Crippen LogP contribution in [0.4, 0.5) is 4.39 Å². The number of halogens is 1. The van der Waals surface area contributed by atoms with Gasteiger partial charge < -0.3 is 5.32 Å². The number of rotatable bonds is 4. The van der Waals surface area contributed by atoms with E-state index in [0.717, 1.165) is 18.5 Å². The predicted molar refractivity (Wildman–Crippen MR) is 79.0 cm³/mol. The van der Waals surface area contributed by atoms with Crippen LogP contribution >= 0.6 is 0 Å². The van der Waals surface area contributed by atoms with Crippen molar-refractivity contribution in [3.05, 3.63) is 35.1 Å². The molecule has 2 unspecified atom stereocenters. The van der Waals surface area contributed by atoms with E-state index < -0.39 is 0 Å². The fourth-order valence-corrected chi connectivity index (χ4v) is 3.26. The highest BCUT2D eigenvalue weighted by Gasteiger charge is 2.25. The minimum absolute atomic E-state index is 0.0894. The van der Waals surface area contributed by atoms with Crippen LogP contribution in [0.15, 0.2) is 18.2 Å². The molecule has 1 aliphatic rings. The van der Waals surface area contributed by atoms with Crippen LogP contribution in [0.25, 0.3) is 0 Å². The normalized spacial score (nSPS) is 24.2. The second-order valence-corrected chi connectivity index (χ2v) is 5.87. The van der Waals surface area contributed by atoms with Gasteiger partial charge in [0.15, 0.2) is 0 Å². The van der Waals surface area contributed by atoms with Gasteiger partial charge in [-0.25, -0.2) is 4.39 Å². The highest BCUT2D eigenvalue weighted by molar-refractivity contribution is 5.28. The number of hydrogen-bond donors (Lipinski definition) is 1. The van der Waals surface area contributed by atoms with Crippen LogP contribution in [-0.2, 0) is 0 Å². The third-order valence-electron chi connectivity index (χ3n) is 4.17. The number of hydrogen-bond acceptors (Lipinski definition) is 1. The summed E-state index contributed by atoms with van der Waals surface area (Å²) in [4.78, 5) is 0. The lowest BCUT2D eigenvalue weighted by Crippen LogP contribution is -2.34. The summed E-state index contributed by atoms with van der Waals surface area (Å²) in [5.41, 5.74) is 2.22. The number of benzene rings is 1. The van der Waals surface area contributed by atoms with Gasteiger partial charge in [-0.1, -0.05) is 32.3 Å². The molecular formula is C17H26FN. The van der Waals surface area contributed by atoms with E-state index in [1.54, 1.807) is 12.1 Å². The molecule has 1 aromatic carbocycles. The van der Waals surface area contributed by atoms with Crippen LogP contribution in [0.3, 0.4) is 0 Å². The Labute approximate surface area is 116 Å². The van der Waals surface area contributed by atoms with E-state index in [9.17, 15) is 4.39 Å². The molecule has 0 heterocycles. The average Bonchev–Trinajstić information content (AvgIpc) is 2.60. The molecule has 0 amide bonds. The first kappa shape index (κ1) is 14.5. The molecule has 1 aromatic rings. The van der Waals surface area contributed by atoms with Gasteiger partial charge >= 0.3 is 0 Å². The zero-order chi connectivity index (χ0) is 13.7. The maximum Gasteiger partial charge on any atom is 0.123 e. The van der Waals surface area contributed by atoms with Crippen LogP contribution in [0, 0.1) is 12.7 Å². The van der Waals surface area contributed by atoms with E-state index in [2.05, 4.69) is 18.3 Å². The fourth-order valence-electron chi connectivity index (χ4n) is 3.26. The first-order valence-corrected chi connectivity index (χ1v) is 7.71. The summed E-state index contributed by atoms with van der Waals surface area (Å²) in [7, 11) is 0. The van der Waals surface area contributed by atoms with E-state index in [-0.39, 0.29) is 5.82 Å². The highest BCUT2D eigenvalue weighted by atomic mass is 19.1. The summed E-state index contributed by atoms with van der Waals surface area (Å²) < 4.78 is 13.6. The molecule has 0 bridgehead atoms. The lowest BCUT2D eigenvalue weighted by molar-refractivity contribution is 0.409. The second-order valence-electron chi connectivity index (χ2n) is 5.87. The average molecular weight is 263 g/mol. The molecule has 1 fully saturated rings. The first-order valence-electron chi connectivity index (χ1n) is 7.71. The van der Waals surface area contributed by atoms with Crippen LogP contribution in [0.2, 0.25) is 0 Å². The van der Waals surface area contributed by atoms with Crippen molar-refractivity contribution in [3.8, 4) is 0 Å². The molecule has 0 radical (unpaired) electrons. The molecule has 0 saturated heterocycles. The standard InChI is InChI=1S/C17H26FN/c1-3-9-19-17-8-6-4-5-7-16(17)14-10-13(2)11-15(18)12-14/h10-12,16-17,19H,3-9H2,1-2H3. The van der Waals surface area contributed by atoms with Crippen LogP contribution in [0.5, 0.6) is 0 Å². The Hall–Kier alpha value is -0.890. The summed E-state index contributed by atoms with van der Waals surface area (Å²) in [6, 6.07) is 6.04. The molecule has 2 rings (SSSR count). The van der Waals surface area contributed by atoms with Gasteiger partial charge in [0.2, 0.25) is 0 Å². The second kappa shape index (κ2) is 7.04. The summed E-state index contributed by atoms with van der Waals surface area (Å²) >= 11 is 0. The molecule has 1 aliphatic carbocycles. The van der Waals surface area contributed by atoms with Crippen molar-refractivity contribution in [2.45, 2.75) is 64.3 Å². The minimum atomic E-state index is -0.0894. The summed E-state index contributed by atoms with van der Waals surface area (Å²) in [5.74, 6) is 0.386. The molecule has 0 aliphatic heterocycles. The van der Waals surface area contributed by atoms with Crippen LogP contribution in [-0.4, -0.2) is 12.6 Å². The largest absolute Gasteiger partial charge is 0.313 e. The third kappa shape index (κ3) is 4.04. The Bertz CT molecular complexity index is 382. The third-order valence-corrected chi connectivity index (χ3v) is 4.17. The minimum Gasteiger partial charge on any atom is -0.313 e. The Morgan fingerprint density at radius 1 is 1.16 bits per heavy atom. The van der Waals surface area contributed by atoms with Crippen LogP contribution in [0.1, 0.15) is 62.5 Å². The Kier molecular flexibility index (Phi) is 5.38. The SMILES string of the molecule is CCCNC1CCCCCC1c1cc(C)cc(F)c1. The monoisotopic (exact) mass is 263 g/mol. The van der Waals surface area contributed by atoms with E-state index in [0.29, 0.717) is 12.0 Å². The first-order chi connectivity index (χ1) is 9.20.